The van der Waals surface area contributed by atoms with E-state index in [0.29, 0.717) is 11.3 Å². The zero-order valence-corrected chi connectivity index (χ0v) is 8.58. The smallest absolute Gasteiger partial charge is 0.373 e. The van der Waals surface area contributed by atoms with Crippen molar-refractivity contribution in [1.29, 1.82) is 0 Å². The summed E-state index contributed by atoms with van der Waals surface area (Å²) in [5.41, 5.74) is 0.706. The van der Waals surface area contributed by atoms with E-state index in [-0.39, 0.29) is 11.7 Å². The highest BCUT2D eigenvalue weighted by molar-refractivity contribution is 5.85. The Bertz CT molecular complexity index is 662. The second-order valence-electron chi connectivity index (χ2n) is 3.48. The molecular formula is C12H7NO4. The van der Waals surface area contributed by atoms with Crippen LogP contribution in [0.25, 0.3) is 22.6 Å². The van der Waals surface area contributed by atoms with Gasteiger partial charge in [0.25, 0.3) is 5.89 Å². The van der Waals surface area contributed by atoms with Gasteiger partial charge in [0.15, 0.2) is 5.76 Å². The lowest BCUT2D eigenvalue weighted by molar-refractivity contribution is 0.0663. The number of oxazole rings is 1. The van der Waals surface area contributed by atoms with Gasteiger partial charge in [-0.1, -0.05) is 18.2 Å². The second-order valence-corrected chi connectivity index (χ2v) is 3.48. The summed E-state index contributed by atoms with van der Waals surface area (Å²) in [6.07, 6.45) is 1.16. The molecule has 17 heavy (non-hydrogen) atoms. The molecule has 0 aliphatic rings. The summed E-state index contributed by atoms with van der Waals surface area (Å²) in [5, 5.41) is 9.63. The molecule has 0 spiro atoms. The highest BCUT2D eigenvalue weighted by Gasteiger charge is 2.15. The third-order valence-electron chi connectivity index (χ3n) is 2.35. The van der Waals surface area contributed by atoms with Gasteiger partial charge in [-0.3, -0.25) is 0 Å². The Morgan fingerprint density at radius 1 is 1.24 bits per heavy atom. The molecule has 0 atom stereocenters. The number of furan rings is 1. The molecule has 2 aromatic heterocycles. The Balaban J connectivity index is 2.10. The van der Waals surface area contributed by atoms with Gasteiger partial charge in [0, 0.05) is 5.39 Å². The molecule has 0 bridgehead atoms. The van der Waals surface area contributed by atoms with E-state index in [1.54, 1.807) is 6.07 Å². The van der Waals surface area contributed by atoms with E-state index in [1.165, 1.54) is 0 Å². The van der Waals surface area contributed by atoms with Crippen LogP contribution in [0.5, 0.6) is 0 Å². The number of carboxylic acids is 1. The number of fused-ring (bicyclic) bond motifs is 1. The Morgan fingerprint density at radius 2 is 2.06 bits per heavy atom. The number of nitrogens with zero attached hydrogens (tertiary/aromatic N) is 1. The topological polar surface area (TPSA) is 76.5 Å². The molecule has 3 aromatic rings. The molecule has 0 saturated heterocycles. The molecule has 1 aromatic carbocycles. The predicted molar refractivity (Wildman–Crippen MR) is 58.7 cm³/mol. The first-order valence-corrected chi connectivity index (χ1v) is 4.92. The summed E-state index contributed by atoms with van der Waals surface area (Å²) in [5.74, 6) is -0.780. The van der Waals surface area contributed by atoms with Crippen molar-refractivity contribution < 1.29 is 18.7 Å². The Labute approximate surface area is 95.3 Å². The summed E-state index contributed by atoms with van der Waals surface area (Å²) >= 11 is 0. The van der Waals surface area contributed by atoms with Gasteiger partial charge in [-0.15, -0.1) is 0 Å². The van der Waals surface area contributed by atoms with Crippen molar-refractivity contribution in [1.82, 2.24) is 4.98 Å². The van der Waals surface area contributed by atoms with Crippen molar-refractivity contribution in [2.45, 2.75) is 0 Å². The van der Waals surface area contributed by atoms with Crippen molar-refractivity contribution in [3.8, 4) is 11.7 Å². The van der Waals surface area contributed by atoms with E-state index < -0.39 is 5.97 Å². The maximum Gasteiger partial charge on any atom is 0.373 e. The van der Waals surface area contributed by atoms with Gasteiger partial charge in [-0.05, 0) is 12.1 Å². The van der Waals surface area contributed by atoms with Crippen LogP contribution in [0.3, 0.4) is 0 Å². The van der Waals surface area contributed by atoms with Crippen LogP contribution in [0.1, 0.15) is 10.6 Å². The predicted octanol–water partition coefficient (Wildman–Crippen LogP) is 2.79. The molecule has 0 fully saturated rings. The van der Waals surface area contributed by atoms with Crippen LogP contribution < -0.4 is 0 Å². The first kappa shape index (κ1) is 9.65. The summed E-state index contributed by atoms with van der Waals surface area (Å²) in [4.78, 5) is 14.5. The highest BCUT2D eigenvalue weighted by atomic mass is 16.4. The van der Waals surface area contributed by atoms with Crippen LogP contribution in [0, 0.1) is 0 Å². The molecule has 5 heteroatoms. The zero-order valence-electron chi connectivity index (χ0n) is 8.58. The molecule has 3 rings (SSSR count). The summed E-state index contributed by atoms with van der Waals surface area (Å²) in [7, 11) is 0. The average Bonchev–Trinajstić information content (AvgIpc) is 2.95. The molecule has 0 radical (unpaired) electrons. The van der Waals surface area contributed by atoms with Crippen molar-refractivity contribution in [2.24, 2.45) is 0 Å². The molecule has 2 heterocycles. The number of hydrogen-bond acceptors (Lipinski definition) is 4. The Morgan fingerprint density at radius 3 is 2.76 bits per heavy atom. The van der Waals surface area contributed by atoms with E-state index >= 15 is 0 Å². The van der Waals surface area contributed by atoms with E-state index in [4.69, 9.17) is 13.9 Å². The van der Waals surface area contributed by atoms with Gasteiger partial charge in [-0.2, -0.15) is 0 Å². The van der Waals surface area contributed by atoms with Gasteiger partial charge in [0.1, 0.15) is 5.58 Å². The number of hydrogen-bond donors (Lipinski definition) is 1. The van der Waals surface area contributed by atoms with E-state index in [0.717, 1.165) is 11.6 Å². The van der Waals surface area contributed by atoms with Crippen LogP contribution >= 0.6 is 0 Å². The minimum atomic E-state index is -1.15. The van der Waals surface area contributed by atoms with Gasteiger partial charge in [0.05, 0.1) is 6.20 Å². The summed E-state index contributed by atoms with van der Waals surface area (Å²) in [6, 6.07) is 9.21. The van der Waals surface area contributed by atoms with Gasteiger partial charge in [-0.25, -0.2) is 9.78 Å². The maximum atomic E-state index is 10.7. The molecule has 5 nitrogen and oxygen atoms in total. The van der Waals surface area contributed by atoms with Crippen LogP contribution in [-0.4, -0.2) is 16.1 Å². The van der Waals surface area contributed by atoms with Gasteiger partial charge >= 0.3 is 5.97 Å². The van der Waals surface area contributed by atoms with Crippen molar-refractivity contribution in [3.05, 3.63) is 42.3 Å². The monoisotopic (exact) mass is 229 g/mol. The van der Waals surface area contributed by atoms with E-state index in [9.17, 15) is 4.79 Å². The highest BCUT2D eigenvalue weighted by Crippen LogP contribution is 2.27. The molecular weight excluding hydrogens is 222 g/mol. The molecule has 0 saturated carbocycles. The van der Waals surface area contributed by atoms with Crippen molar-refractivity contribution in [2.75, 3.05) is 0 Å². The number of rotatable bonds is 2. The second kappa shape index (κ2) is 3.48. The number of carbonyl (C=O) groups is 1. The Kier molecular flexibility index (Phi) is 1.98. The maximum absolute atomic E-state index is 10.7. The minimum Gasteiger partial charge on any atom is -0.475 e. The number of aromatic carboxylic acids is 1. The SMILES string of the molecule is O=C(O)c1cnc(-c2cc3ccccc3o2)o1. The fraction of sp³-hybridized carbons (Fsp3) is 0. The standard InChI is InChI=1S/C12H7NO4/c14-12(15)10-6-13-11(17-10)9-5-7-3-1-2-4-8(7)16-9/h1-6H,(H,14,15). The Hall–Kier alpha value is -2.56. The van der Waals surface area contributed by atoms with Crippen molar-refractivity contribution in [3.63, 3.8) is 0 Å². The number of carboxylic acid groups (broad SMARTS) is 1. The van der Waals surface area contributed by atoms with Gasteiger partial charge < -0.3 is 13.9 Å². The van der Waals surface area contributed by atoms with E-state index in [1.807, 2.05) is 24.3 Å². The third-order valence-corrected chi connectivity index (χ3v) is 2.35. The normalized spacial score (nSPS) is 10.8. The molecule has 0 unspecified atom stereocenters. The van der Waals surface area contributed by atoms with Crippen LogP contribution in [0.4, 0.5) is 0 Å². The van der Waals surface area contributed by atoms with Crippen LogP contribution in [0.2, 0.25) is 0 Å². The lowest BCUT2D eigenvalue weighted by Gasteiger charge is -1.87. The number of para-hydroxylation sites is 1. The third kappa shape index (κ3) is 1.57. The largest absolute Gasteiger partial charge is 0.475 e. The quantitative estimate of drug-likeness (QED) is 0.731. The number of benzene rings is 1. The fourth-order valence-corrected chi connectivity index (χ4v) is 1.57. The summed E-state index contributed by atoms with van der Waals surface area (Å²) in [6.45, 7) is 0. The minimum absolute atomic E-state index is 0.165. The zero-order chi connectivity index (χ0) is 11.8. The molecule has 84 valence electrons. The fourth-order valence-electron chi connectivity index (χ4n) is 1.57. The number of aromatic nitrogens is 1. The molecule has 0 aliphatic heterocycles. The molecule has 1 N–H and O–H groups in total. The van der Waals surface area contributed by atoms with Crippen LogP contribution in [-0.2, 0) is 0 Å². The lowest BCUT2D eigenvalue weighted by Crippen LogP contribution is -1.91. The molecule has 0 aliphatic carbocycles. The van der Waals surface area contributed by atoms with Gasteiger partial charge in [0.2, 0.25) is 5.76 Å². The first-order valence-electron chi connectivity index (χ1n) is 4.92. The van der Waals surface area contributed by atoms with E-state index in [2.05, 4.69) is 4.98 Å². The summed E-state index contributed by atoms with van der Waals surface area (Å²) < 4.78 is 10.6. The molecule has 0 amide bonds. The first-order chi connectivity index (χ1) is 8.24. The average molecular weight is 229 g/mol. The lowest BCUT2D eigenvalue weighted by atomic mass is 10.2. The van der Waals surface area contributed by atoms with Crippen LogP contribution in [0.15, 0.2) is 45.4 Å². The van der Waals surface area contributed by atoms with Crippen molar-refractivity contribution >= 4 is 16.9 Å².